The second-order valence-electron chi connectivity index (χ2n) is 8.29. The van der Waals surface area contributed by atoms with Crippen molar-refractivity contribution in [3.05, 3.63) is 107 Å². The summed E-state index contributed by atoms with van der Waals surface area (Å²) < 4.78 is 19.6. The van der Waals surface area contributed by atoms with Crippen molar-refractivity contribution in [3.8, 4) is 17.1 Å². The van der Waals surface area contributed by atoms with E-state index in [2.05, 4.69) is 20.9 Å². The first-order chi connectivity index (χ1) is 17.9. The fraction of sp³-hybridized carbons (Fsp3) is 0.179. The second-order valence-corrected chi connectivity index (χ2v) is 10.2. The Morgan fingerprint density at radius 1 is 1.19 bits per heavy atom. The van der Waals surface area contributed by atoms with Gasteiger partial charge in [-0.05, 0) is 55.8 Å². The molecule has 188 valence electrons. The van der Waals surface area contributed by atoms with Gasteiger partial charge in [-0.3, -0.25) is 9.36 Å². The van der Waals surface area contributed by atoms with E-state index in [0.29, 0.717) is 37.9 Å². The maximum atomic E-state index is 13.7. The van der Waals surface area contributed by atoms with E-state index >= 15 is 0 Å². The van der Waals surface area contributed by atoms with Crippen molar-refractivity contribution in [2.45, 2.75) is 19.9 Å². The van der Waals surface area contributed by atoms with E-state index in [0.717, 1.165) is 15.6 Å². The Morgan fingerprint density at radius 3 is 2.68 bits per heavy atom. The number of hydrogen-bond donors (Lipinski definition) is 0. The predicted molar refractivity (Wildman–Crippen MR) is 145 cm³/mol. The van der Waals surface area contributed by atoms with Crippen LogP contribution in [0.4, 0.5) is 0 Å². The van der Waals surface area contributed by atoms with Crippen LogP contribution in [0, 0.1) is 0 Å². The normalized spacial score (nSPS) is 15.4. The predicted octanol–water partition coefficient (Wildman–Crippen LogP) is 4.83. The highest BCUT2D eigenvalue weighted by molar-refractivity contribution is 9.10. The van der Waals surface area contributed by atoms with Crippen molar-refractivity contribution in [2.24, 2.45) is 4.99 Å². The maximum Gasteiger partial charge on any atom is 0.338 e. The lowest BCUT2D eigenvalue weighted by Crippen LogP contribution is -2.39. The average molecular weight is 579 g/mol. The first kappa shape index (κ1) is 25.0. The standard InChI is InChI=1S/C28H23BrN2O5S/c1-4-35-27(33)24-16(2)30-28-31(25(24)17-8-10-20(34-3)11-9-17)26(32)23(37-28)15-21-12-13-22(36-21)18-6-5-7-19(29)14-18/h5-15,25H,4H2,1-3H3/b23-15-/t25-/m1/s1. The molecule has 1 aliphatic rings. The summed E-state index contributed by atoms with van der Waals surface area (Å²) in [6, 6.07) is 18.1. The summed E-state index contributed by atoms with van der Waals surface area (Å²) in [6.07, 6.45) is 1.71. The summed E-state index contributed by atoms with van der Waals surface area (Å²) in [5.41, 5.74) is 2.26. The van der Waals surface area contributed by atoms with Crippen LogP contribution in [0.25, 0.3) is 17.4 Å². The third-order valence-electron chi connectivity index (χ3n) is 5.96. The van der Waals surface area contributed by atoms with Gasteiger partial charge in [0.1, 0.15) is 17.3 Å². The van der Waals surface area contributed by atoms with Gasteiger partial charge in [0, 0.05) is 16.1 Å². The van der Waals surface area contributed by atoms with Crippen molar-refractivity contribution in [3.63, 3.8) is 0 Å². The van der Waals surface area contributed by atoms with Crippen molar-refractivity contribution in [1.29, 1.82) is 0 Å². The molecular formula is C28H23BrN2O5S. The average Bonchev–Trinajstić information content (AvgIpc) is 3.48. The summed E-state index contributed by atoms with van der Waals surface area (Å²) in [7, 11) is 1.59. The number of nitrogens with zero attached hydrogens (tertiary/aromatic N) is 2. The zero-order valence-electron chi connectivity index (χ0n) is 20.4. The van der Waals surface area contributed by atoms with E-state index in [-0.39, 0.29) is 12.2 Å². The van der Waals surface area contributed by atoms with E-state index in [4.69, 9.17) is 13.9 Å². The van der Waals surface area contributed by atoms with Crippen molar-refractivity contribution in [2.75, 3.05) is 13.7 Å². The molecular weight excluding hydrogens is 556 g/mol. The number of benzene rings is 2. The molecule has 0 fully saturated rings. The molecule has 0 N–H and O–H groups in total. The fourth-order valence-corrected chi connectivity index (χ4v) is 5.68. The van der Waals surface area contributed by atoms with Crippen LogP contribution in [-0.2, 0) is 9.53 Å². The van der Waals surface area contributed by atoms with Crippen molar-refractivity contribution in [1.82, 2.24) is 4.57 Å². The molecule has 1 aliphatic heterocycles. The molecule has 0 amide bonds. The van der Waals surface area contributed by atoms with Crippen LogP contribution in [0.2, 0.25) is 0 Å². The Kier molecular flexibility index (Phi) is 6.99. The van der Waals surface area contributed by atoms with Crippen LogP contribution in [0.5, 0.6) is 5.75 Å². The molecule has 0 spiro atoms. The molecule has 5 rings (SSSR count). The second kappa shape index (κ2) is 10.4. The number of furan rings is 1. The Morgan fingerprint density at radius 2 is 1.97 bits per heavy atom. The molecule has 4 aromatic rings. The summed E-state index contributed by atoms with van der Waals surface area (Å²) in [5, 5.41) is 0. The minimum absolute atomic E-state index is 0.216. The molecule has 7 nitrogen and oxygen atoms in total. The highest BCUT2D eigenvalue weighted by Crippen LogP contribution is 2.31. The fourth-order valence-electron chi connectivity index (χ4n) is 4.25. The SMILES string of the molecule is CCOC(=O)C1=C(C)N=c2s/c(=C\c3ccc(-c4cccc(Br)c4)o3)c(=O)n2[C@@H]1c1ccc(OC)cc1. The van der Waals surface area contributed by atoms with E-state index in [9.17, 15) is 9.59 Å². The lowest BCUT2D eigenvalue weighted by atomic mass is 9.96. The Labute approximate surface area is 225 Å². The molecule has 0 bridgehead atoms. The molecule has 3 heterocycles. The summed E-state index contributed by atoms with van der Waals surface area (Å²) in [4.78, 5) is 31.8. The van der Waals surface area contributed by atoms with Gasteiger partial charge in [-0.2, -0.15) is 0 Å². The quantitative estimate of drug-likeness (QED) is 0.306. The van der Waals surface area contributed by atoms with E-state index < -0.39 is 12.0 Å². The molecule has 0 saturated heterocycles. The minimum Gasteiger partial charge on any atom is -0.497 e. The molecule has 0 unspecified atom stereocenters. The van der Waals surface area contributed by atoms with Gasteiger partial charge in [0.25, 0.3) is 5.56 Å². The number of halogens is 1. The van der Waals surface area contributed by atoms with Crippen LogP contribution in [0.3, 0.4) is 0 Å². The number of hydrogen-bond acceptors (Lipinski definition) is 7. The van der Waals surface area contributed by atoms with E-state index in [1.807, 2.05) is 48.5 Å². The summed E-state index contributed by atoms with van der Waals surface area (Å²) in [5.74, 6) is 1.41. The molecule has 9 heteroatoms. The van der Waals surface area contributed by atoms with E-state index in [1.54, 1.807) is 43.7 Å². The van der Waals surface area contributed by atoms with Gasteiger partial charge < -0.3 is 13.9 Å². The number of methoxy groups -OCH3 is 1. The van der Waals surface area contributed by atoms with E-state index in [1.165, 1.54) is 11.3 Å². The largest absolute Gasteiger partial charge is 0.497 e. The first-order valence-corrected chi connectivity index (χ1v) is 13.2. The smallest absolute Gasteiger partial charge is 0.338 e. The minimum atomic E-state index is -0.683. The van der Waals surface area contributed by atoms with Crippen molar-refractivity contribution < 1.29 is 18.7 Å². The maximum absolute atomic E-state index is 13.7. The van der Waals surface area contributed by atoms with Crippen LogP contribution < -0.4 is 19.6 Å². The van der Waals surface area contributed by atoms with Crippen LogP contribution in [0.15, 0.2) is 90.6 Å². The van der Waals surface area contributed by atoms with Gasteiger partial charge in [0.2, 0.25) is 0 Å². The Bertz CT molecular complexity index is 1700. The molecule has 0 radical (unpaired) electrons. The van der Waals surface area contributed by atoms with Crippen LogP contribution in [-0.4, -0.2) is 24.3 Å². The number of allylic oxidation sites excluding steroid dienone is 1. The zero-order valence-corrected chi connectivity index (χ0v) is 22.8. The van der Waals surface area contributed by atoms with Crippen LogP contribution >= 0.6 is 27.3 Å². The van der Waals surface area contributed by atoms with Gasteiger partial charge in [-0.15, -0.1) is 0 Å². The van der Waals surface area contributed by atoms with Gasteiger partial charge in [-0.25, -0.2) is 9.79 Å². The number of carbonyl (C=O) groups excluding carboxylic acids is 1. The molecule has 1 atom stereocenters. The lowest BCUT2D eigenvalue weighted by molar-refractivity contribution is -0.139. The molecule has 0 aliphatic carbocycles. The van der Waals surface area contributed by atoms with Crippen LogP contribution in [0.1, 0.15) is 31.2 Å². The number of thiazole rings is 1. The van der Waals surface area contributed by atoms with Gasteiger partial charge in [-0.1, -0.05) is 51.5 Å². The van der Waals surface area contributed by atoms with Gasteiger partial charge in [0.05, 0.1) is 35.6 Å². The molecule has 37 heavy (non-hydrogen) atoms. The lowest BCUT2D eigenvalue weighted by Gasteiger charge is -2.24. The Balaban J connectivity index is 1.63. The number of esters is 1. The third-order valence-corrected chi connectivity index (χ3v) is 7.43. The molecule has 2 aromatic carbocycles. The first-order valence-electron chi connectivity index (χ1n) is 11.6. The highest BCUT2D eigenvalue weighted by atomic mass is 79.9. The summed E-state index contributed by atoms with van der Waals surface area (Å²) >= 11 is 4.73. The van der Waals surface area contributed by atoms with Gasteiger partial charge >= 0.3 is 5.97 Å². The summed E-state index contributed by atoms with van der Waals surface area (Å²) in [6.45, 7) is 3.72. The topological polar surface area (TPSA) is 83.0 Å². The highest BCUT2D eigenvalue weighted by Gasteiger charge is 2.33. The number of aromatic nitrogens is 1. The monoisotopic (exact) mass is 578 g/mol. The molecule has 0 saturated carbocycles. The van der Waals surface area contributed by atoms with Crippen molar-refractivity contribution >= 4 is 39.3 Å². The number of ether oxygens (including phenoxy) is 2. The number of carbonyl (C=O) groups is 1. The van der Waals surface area contributed by atoms with Gasteiger partial charge in [0.15, 0.2) is 4.80 Å². The Hall–Kier alpha value is -3.69. The zero-order chi connectivity index (χ0) is 26.1. The number of rotatable bonds is 6. The number of fused-ring (bicyclic) bond motifs is 1. The third kappa shape index (κ3) is 4.84. The molecule has 2 aromatic heterocycles.